The van der Waals surface area contributed by atoms with E-state index in [1.165, 1.54) is 0 Å². The zero-order chi connectivity index (χ0) is 20.4. The van der Waals surface area contributed by atoms with E-state index >= 15 is 0 Å². The van der Waals surface area contributed by atoms with E-state index in [9.17, 15) is 19.5 Å². The molecule has 0 saturated carbocycles. The normalized spacial score (nSPS) is 12.7. The smallest absolute Gasteiger partial charge is 0.306 e. The van der Waals surface area contributed by atoms with Gasteiger partial charge in [-0.2, -0.15) is 0 Å². The summed E-state index contributed by atoms with van der Waals surface area (Å²) in [6.07, 6.45) is 0.732. The van der Waals surface area contributed by atoms with Crippen LogP contribution in [0.1, 0.15) is 30.4 Å². The van der Waals surface area contributed by atoms with E-state index in [-0.39, 0.29) is 25.2 Å². The molecule has 0 aliphatic heterocycles. The van der Waals surface area contributed by atoms with Crippen LogP contribution in [-0.4, -0.2) is 34.1 Å². The van der Waals surface area contributed by atoms with Gasteiger partial charge in [0.15, 0.2) is 0 Å². The van der Waals surface area contributed by atoms with Gasteiger partial charge in [-0.25, -0.2) is 0 Å². The third-order valence-corrected chi connectivity index (χ3v) is 4.50. The number of carbonyl (C=O) groups is 3. The van der Waals surface area contributed by atoms with Crippen molar-refractivity contribution >= 4 is 17.8 Å². The first-order valence-corrected chi connectivity index (χ1v) is 9.26. The van der Waals surface area contributed by atoms with E-state index in [0.717, 1.165) is 11.1 Å². The van der Waals surface area contributed by atoms with Gasteiger partial charge in [0, 0.05) is 12.5 Å². The molecule has 0 aromatic heterocycles. The van der Waals surface area contributed by atoms with Crippen molar-refractivity contribution in [1.82, 2.24) is 5.32 Å². The molecule has 6 nitrogen and oxygen atoms in total. The molecule has 2 aromatic rings. The van der Waals surface area contributed by atoms with Crippen LogP contribution in [0.25, 0.3) is 0 Å². The summed E-state index contributed by atoms with van der Waals surface area (Å²) < 4.78 is 0. The monoisotopic (exact) mass is 383 g/mol. The maximum atomic E-state index is 12.1. The van der Waals surface area contributed by atoms with Crippen LogP contribution in [0.5, 0.6) is 0 Å². The fourth-order valence-electron chi connectivity index (χ4n) is 3.13. The Morgan fingerprint density at radius 1 is 0.786 bits per heavy atom. The molecule has 0 heterocycles. The highest BCUT2D eigenvalue weighted by Gasteiger charge is 2.24. The summed E-state index contributed by atoms with van der Waals surface area (Å²) in [5.41, 5.74) is 1.90. The minimum atomic E-state index is -1.04. The number of carbonyl (C=O) groups excluding carboxylic acids is 1. The lowest BCUT2D eigenvalue weighted by Crippen LogP contribution is -2.39. The Morgan fingerprint density at radius 2 is 1.32 bits per heavy atom. The molecule has 148 valence electrons. The molecule has 0 unspecified atom stereocenters. The molecule has 3 N–H and O–H groups in total. The van der Waals surface area contributed by atoms with Crippen LogP contribution in [0.2, 0.25) is 0 Å². The molecule has 0 fully saturated rings. The molecular weight excluding hydrogens is 358 g/mol. The van der Waals surface area contributed by atoms with Gasteiger partial charge < -0.3 is 15.5 Å². The Labute approximate surface area is 164 Å². The summed E-state index contributed by atoms with van der Waals surface area (Å²) in [4.78, 5) is 34.6. The van der Waals surface area contributed by atoms with Gasteiger partial charge in [-0.3, -0.25) is 14.4 Å². The lowest BCUT2D eigenvalue weighted by atomic mass is 9.90. The fraction of sp³-hybridized carbons (Fsp3) is 0.318. The van der Waals surface area contributed by atoms with Crippen molar-refractivity contribution in [3.8, 4) is 0 Å². The van der Waals surface area contributed by atoms with Crippen LogP contribution >= 0.6 is 0 Å². The molecule has 0 bridgehead atoms. The molecule has 0 aliphatic rings. The van der Waals surface area contributed by atoms with Crippen LogP contribution in [0.15, 0.2) is 60.7 Å². The minimum Gasteiger partial charge on any atom is -0.481 e. The summed E-state index contributed by atoms with van der Waals surface area (Å²) in [5, 5.41) is 21.3. The van der Waals surface area contributed by atoms with Crippen molar-refractivity contribution in [1.29, 1.82) is 0 Å². The number of hydrogen-bond acceptors (Lipinski definition) is 3. The molecule has 2 atom stereocenters. The zero-order valence-electron chi connectivity index (χ0n) is 15.6. The van der Waals surface area contributed by atoms with Crippen LogP contribution in [0.3, 0.4) is 0 Å². The van der Waals surface area contributed by atoms with Gasteiger partial charge in [0.1, 0.15) is 0 Å². The highest BCUT2D eigenvalue weighted by molar-refractivity contribution is 5.81. The van der Waals surface area contributed by atoms with Gasteiger partial charge in [0.25, 0.3) is 0 Å². The van der Waals surface area contributed by atoms with Crippen molar-refractivity contribution in [2.75, 3.05) is 0 Å². The lowest BCUT2D eigenvalue weighted by Gasteiger charge is -2.23. The quantitative estimate of drug-likeness (QED) is 0.553. The van der Waals surface area contributed by atoms with Crippen molar-refractivity contribution in [2.24, 2.45) is 5.92 Å². The molecule has 0 spiro atoms. The van der Waals surface area contributed by atoms with Crippen molar-refractivity contribution in [3.05, 3.63) is 71.8 Å². The van der Waals surface area contributed by atoms with Crippen molar-refractivity contribution in [3.63, 3.8) is 0 Å². The van der Waals surface area contributed by atoms with Gasteiger partial charge in [-0.05, 0) is 30.4 Å². The Bertz CT molecular complexity index is 776. The lowest BCUT2D eigenvalue weighted by molar-refractivity contribution is -0.142. The van der Waals surface area contributed by atoms with E-state index in [2.05, 4.69) is 5.32 Å². The second kappa shape index (κ2) is 10.9. The molecule has 2 aromatic carbocycles. The van der Waals surface area contributed by atoms with Crippen LogP contribution in [-0.2, 0) is 27.2 Å². The number of nitrogens with one attached hydrogen (secondary N) is 1. The predicted octanol–water partition coefficient (Wildman–Crippen LogP) is 2.91. The maximum absolute atomic E-state index is 12.1. The van der Waals surface area contributed by atoms with Crippen LogP contribution < -0.4 is 5.32 Å². The largest absolute Gasteiger partial charge is 0.481 e. The van der Waals surface area contributed by atoms with Gasteiger partial charge in [-0.1, -0.05) is 60.7 Å². The zero-order valence-corrected chi connectivity index (χ0v) is 15.6. The van der Waals surface area contributed by atoms with Gasteiger partial charge in [0.05, 0.1) is 12.3 Å². The Hall–Kier alpha value is -3.15. The predicted molar refractivity (Wildman–Crippen MR) is 105 cm³/mol. The maximum Gasteiger partial charge on any atom is 0.306 e. The first-order valence-electron chi connectivity index (χ1n) is 9.26. The first kappa shape index (κ1) is 21.2. The van der Waals surface area contributed by atoms with Gasteiger partial charge in [0.2, 0.25) is 5.91 Å². The summed E-state index contributed by atoms with van der Waals surface area (Å²) in [5.74, 6) is -2.99. The number of amides is 1. The van der Waals surface area contributed by atoms with Crippen LogP contribution in [0, 0.1) is 5.92 Å². The molecule has 0 saturated heterocycles. The van der Waals surface area contributed by atoms with Gasteiger partial charge >= 0.3 is 11.9 Å². The van der Waals surface area contributed by atoms with E-state index in [1.54, 1.807) is 0 Å². The number of carboxylic acids is 2. The summed E-state index contributed by atoms with van der Waals surface area (Å²) in [7, 11) is 0. The van der Waals surface area contributed by atoms with Gasteiger partial charge in [-0.15, -0.1) is 0 Å². The van der Waals surface area contributed by atoms with Crippen molar-refractivity contribution < 1.29 is 24.6 Å². The fourth-order valence-corrected chi connectivity index (χ4v) is 3.13. The average Bonchev–Trinajstić information content (AvgIpc) is 2.67. The molecule has 0 radical (unpaired) electrons. The van der Waals surface area contributed by atoms with E-state index in [1.807, 2.05) is 60.7 Å². The van der Waals surface area contributed by atoms with E-state index in [4.69, 9.17) is 5.11 Å². The molecule has 28 heavy (non-hydrogen) atoms. The summed E-state index contributed by atoms with van der Waals surface area (Å²) >= 11 is 0. The average molecular weight is 383 g/mol. The summed E-state index contributed by atoms with van der Waals surface area (Å²) in [6.45, 7) is 0. The number of rotatable bonds is 11. The number of aliphatic carboxylic acids is 2. The topological polar surface area (TPSA) is 104 Å². The molecule has 2 rings (SSSR count). The highest BCUT2D eigenvalue weighted by Crippen LogP contribution is 2.18. The van der Waals surface area contributed by atoms with Crippen LogP contribution in [0.4, 0.5) is 0 Å². The minimum absolute atomic E-state index is 0.128. The highest BCUT2D eigenvalue weighted by atomic mass is 16.4. The van der Waals surface area contributed by atoms with E-state index < -0.39 is 23.9 Å². The third kappa shape index (κ3) is 7.61. The number of hydrogen-bond donors (Lipinski definition) is 3. The Kier molecular flexibility index (Phi) is 8.21. The Morgan fingerprint density at radius 3 is 1.82 bits per heavy atom. The molecule has 6 heteroatoms. The number of carboxylic acid groups (broad SMARTS) is 2. The molecule has 0 aliphatic carbocycles. The second-order valence-electron chi connectivity index (χ2n) is 6.81. The van der Waals surface area contributed by atoms with Crippen molar-refractivity contribution in [2.45, 2.75) is 38.1 Å². The SMILES string of the molecule is O=C(O)CCC(=O)N[C@@H](Cc1ccccc1)C[C@@H](Cc1ccccc1)C(=O)O. The first-order chi connectivity index (χ1) is 13.4. The standard InChI is InChI=1S/C22H25NO5/c24-20(11-12-21(25)26)23-19(14-17-9-5-2-6-10-17)15-18(22(27)28)13-16-7-3-1-4-8-16/h1-10,18-19H,11-15H2,(H,23,24)(H,25,26)(H,27,28)/t18-,19+/m1/s1. The van der Waals surface area contributed by atoms with E-state index in [0.29, 0.717) is 12.8 Å². The number of benzene rings is 2. The summed E-state index contributed by atoms with van der Waals surface area (Å²) in [6, 6.07) is 18.5. The Balaban J connectivity index is 2.09. The molecular formula is C22H25NO5. The second-order valence-corrected chi connectivity index (χ2v) is 6.81. The molecule has 1 amide bonds. The third-order valence-electron chi connectivity index (χ3n) is 4.50.